The van der Waals surface area contributed by atoms with Crippen molar-refractivity contribution >= 4 is 33.4 Å². The minimum atomic E-state index is -3.40. The summed E-state index contributed by atoms with van der Waals surface area (Å²) in [5.74, 6) is -1.48. The third-order valence-corrected chi connectivity index (χ3v) is 6.00. The Balaban J connectivity index is 1.56. The normalized spacial score (nSPS) is 21.2. The Morgan fingerprint density at radius 3 is 2.38 bits per heavy atom. The largest absolute Gasteiger partial charge is 0.454 e. The molecule has 0 aromatic heterocycles. The van der Waals surface area contributed by atoms with Crippen LogP contribution in [0, 0.1) is 5.92 Å². The smallest absolute Gasteiger partial charge is 0.311 e. The van der Waals surface area contributed by atoms with Crippen molar-refractivity contribution in [1.29, 1.82) is 0 Å². The van der Waals surface area contributed by atoms with Gasteiger partial charge in [0.15, 0.2) is 6.10 Å². The molecule has 1 aliphatic carbocycles. The molecule has 0 unspecified atom stereocenters. The molecule has 8 nitrogen and oxygen atoms in total. The van der Waals surface area contributed by atoms with Crippen molar-refractivity contribution in [2.75, 3.05) is 17.5 Å². The standard InChI is InChI=1S/C20H26N2O6S/c1-13(19(24)14-7-9-16(10-8-14)21-29(2,26)27)28-20(25)15-11-18(23)22(12-15)17-5-3-4-6-17/h7-10,13,15,17,21H,3-6,11-12H2,1-2H3/t13-,15+/m1/s1. The number of sulfonamides is 1. The number of carbonyl (C=O) groups excluding carboxylic acids is 3. The zero-order valence-corrected chi connectivity index (χ0v) is 17.4. The molecule has 1 N–H and O–H groups in total. The maximum Gasteiger partial charge on any atom is 0.311 e. The average molecular weight is 423 g/mol. The molecule has 1 heterocycles. The molecule has 1 aromatic carbocycles. The molecule has 2 atom stereocenters. The van der Waals surface area contributed by atoms with Gasteiger partial charge in [0, 0.05) is 30.3 Å². The number of hydrogen-bond acceptors (Lipinski definition) is 6. The van der Waals surface area contributed by atoms with Crippen LogP contribution >= 0.6 is 0 Å². The van der Waals surface area contributed by atoms with E-state index in [2.05, 4.69) is 4.72 Å². The van der Waals surface area contributed by atoms with Crippen molar-refractivity contribution in [2.24, 2.45) is 5.92 Å². The van der Waals surface area contributed by atoms with Crippen LogP contribution in [0.3, 0.4) is 0 Å². The summed E-state index contributed by atoms with van der Waals surface area (Å²) in [5, 5.41) is 0. The van der Waals surface area contributed by atoms with Gasteiger partial charge >= 0.3 is 5.97 Å². The molecule has 0 radical (unpaired) electrons. The summed E-state index contributed by atoms with van der Waals surface area (Å²) < 4.78 is 30.1. The number of benzene rings is 1. The number of hydrogen-bond donors (Lipinski definition) is 1. The molecule has 2 fully saturated rings. The van der Waals surface area contributed by atoms with Gasteiger partial charge in [-0.05, 0) is 44.0 Å². The molecule has 0 bridgehead atoms. The number of likely N-dealkylation sites (tertiary alicyclic amines) is 1. The quantitative estimate of drug-likeness (QED) is 0.531. The zero-order chi connectivity index (χ0) is 21.2. The van der Waals surface area contributed by atoms with Gasteiger partial charge in [-0.1, -0.05) is 12.8 Å². The van der Waals surface area contributed by atoms with Gasteiger partial charge in [-0.3, -0.25) is 19.1 Å². The van der Waals surface area contributed by atoms with Gasteiger partial charge in [0.1, 0.15) is 0 Å². The zero-order valence-electron chi connectivity index (χ0n) is 16.6. The first-order chi connectivity index (χ1) is 13.6. The highest BCUT2D eigenvalue weighted by molar-refractivity contribution is 7.92. The van der Waals surface area contributed by atoms with Crippen LogP contribution in [-0.2, 0) is 24.3 Å². The molecule has 1 saturated heterocycles. The number of amides is 1. The van der Waals surface area contributed by atoms with Gasteiger partial charge in [0.2, 0.25) is 21.7 Å². The first-order valence-electron chi connectivity index (χ1n) is 9.76. The summed E-state index contributed by atoms with van der Waals surface area (Å²) in [6.07, 6.45) is 4.34. The summed E-state index contributed by atoms with van der Waals surface area (Å²) in [5.41, 5.74) is 0.643. The molecule has 2 aliphatic rings. The molecular formula is C20H26N2O6S. The fourth-order valence-corrected chi connectivity index (χ4v) is 4.50. The van der Waals surface area contributed by atoms with E-state index in [0.717, 1.165) is 31.9 Å². The lowest BCUT2D eigenvalue weighted by atomic mass is 10.1. The molecule has 3 rings (SSSR count). The van der Waals surface area contributed by atoms with Gasteiger partial charge in [0.25, 0.3) is 0 Å². The summed E-state index contributed by atoms with van der Waals surface area (Å²) in [7, 11) is -3.40. The van der Waals surface area contributed by atoms with E-state index >= 15 is 0 Å². The molecule has 158 valence electrons. The van der Waals surface area contributed by atoms with Crippen LogP contribution in [0.1, 0.15) is 49.4 Å². The summed E-state index contributed by atoms with van der Waals surface area (Å²) in [6.45, 7) is 1.85. The number of esters is 1. The SMILES string of the molecule is C[C@@H](OC(=O)[C@H]1CC(=O)N(C2CCCC2)C1)C(=O)c1ccc(NS(C)(=O)=O)cc1. The first kappa shape index (κ1) is 21.3. The fraction of sp³-hybridized carbons (Fsp3) is 0.550. The lowest BCUT2D eigenvalue weighted by molar-refractivity contribution is -0.151. The van der Waals surface area contributed by atoms with E-state index in [1.807, 2.05) is 0 Å². The molecule has 1 aromatic rings. The van der Waals surface area contributed by atoms with Crippen LogP contribution < -0.4 is 4.72 Å². The van der Waals surface area contributed by atoms with Crippen molar-refractivity contribution in [3.05, 3.63) is 29.8 Å². The molecular weight excluding hydrogens is 396 g/mol. The van der Waals surface area contributed by atoms with Crippen molar-refractivity contribution in [3.8, 4) is 0 Å². The number of anilines is 1. The minimum Gasteiger partial charge on any atom is -0.454 e. The molecule has 9 heteroatoms. The van der Waals surface area contributed by atoms with E-state index < -0.39 is 28.0 Å². The van der Waals surface area contributed by atoms with Crippen LogP contribution in [0.15, 0.2) is 24.3 Å². The molecule has 1 amide bonds. The number of ether oxygens (including phenoxy) is 1. The number of rotatable bonds is 7. The van der Waals surface area contributed by atoms with Crippen LogP contribution in [0.4, 0.5) is 5.69 Å². The average Bonchev–Trinajstić information content (AvgIpc) is 3.29. The van der Waals surface area contributed by atoms with Gasteiger partial charge in [-0.2, -0.15) is 0 Å². The number of nitrogens with zero attached hydrogens (tertiary/aromatic N) is 1. The van der Waals surface area contributed by atoms with E-state index in [9.17, 15) is 22.8 Å². The Labute approximate surface area is 170 Å². The summed E-state index contributed by atoms with van der Waals surface area (Å²) >= 11 is 0. The molecule has 1 saturated carbocycles. The number of ketones is 1. The topological polar surface area (TPSA) is 110 Å². The molecule has 29 heavy (non-hydrogen) atoms. The van der Waals surface area contributed by atoms with Crippen LogP contribution in [0.5, 0.6) is 0 Å². The van der Waals surface area contributed by atoms with Gasteiger partial charge in [-0.15, -0.1) is 0 Å². The van der Waals surface area contributed by atoms with E-state index in [0.29, 0.717) is 17.8 Å². The fourth-order valence-electron chi connectivity index (χ4n) is 3.93. The van der Waals surface area contributed by atoms with Crippen molar-refractivity contribution in [2.45, 2.75) is 51.2 Å². The number of Topliss-reactive ketones (excluding diaryl/α,β-unsaturated/α-hetero) is 1. The third kappa shape index (κ3) is 5.35. The predicted octanol–water partition coefficient (Wildman–Crippen LogP) is 1.96. The van der Waals surface area contributed by atoms with Crippen LogP contribution in [0.25, 0.3) is 0 Å². The lowest BCUT2D eigenvalue weighted by Gasteiger charge is -2.24. The highest BCUT2D eigenvalue weighted by atomic mass is 32.2. The minimum absolute atomic E-state index is 0.0215. The van der Waals surface area contributed by atoms with Crippen LogP contribution in [0.2, 0.25) is 0 Å². The van der Waals surface area contributed by atoms with E-state index in [1.54, 1.807) is 4.90 Å². The second kappa shape index (κ2) is 8.52. The van der Waals surface area contributed by atoms with Gasteiger partial charge < -0.3 is 9.64 Å². The lowest BCUT2D eigenvalue weighted by Crippen LogP contribution is -2.35. The van der Waals surface area contributed by atoms with Gasteiger partial charge in [0.05, 0.1) is 12.2 Å². The monoisotopic (exact) mass is 422 g/mol. The molecule has 0 spiro atoms. The number of nitrogens with one attached hydrogen (secondary N) is 1. The van der Waals surface area contributed by atoms with Crippen molar-refractivity contribution in [1.82, 2.24) is 4.90 Å². The highest BCUT2D eigenvalue weighted by Gasteiger charge is 2.40. The predicted molar refractivity (Wildman–Crippen MR) is 107 cm³/mol. The van der Waals surface area contributed by atoms with Crippen LogP contribution in [-0.4, -0.2) is 55.9 Å². The summed E-state index contributed by atoms with van der Waals surface area (Å²) in [4.78, 5) is 39.1. The van der Waals surface area contributed by atoms with Crippen molar-refractivity contribution in [3.63, 3.8) is 0 Å². The number of carbonyl (C=O) groups is 3. The maximum atomic E-state index is 12.5. The highest BCUT2D eigenvalue weighted by Crippen LogP contribution is 2.30. The van der Waals surface area contributed by atoms with E-state index in [4.69, 9.17) is 4.74 Å². The molecule has 1 aliphatic heterocycles. The van der Waals surface area contributed by atoms with Gasteiger partial charge in [-0.25, -0.2) is 8.42 Å². The second-order valence-electron chi connectivity index (χ2n) is 7.78. The summed E-state index contributed by atoms with van der Waals surface area (Å²) in [6, 6.07) is 6.11. The van der Waals surface area contributed by atoms with E-state index in [-0.39, 0.29) is 24.2 Å². The van der Waals surface area contributed by atoms with E-state index in [1.165, 1.54) is 31.2 Å². The Hall–Kier alpha value is -2.42. The second-order valence-corrected chi connectivity index (χ2v) is 9.53. The maximum absolute atomic E-state index is 12.5. The third-order valence-electron chi connectivity index (χ3n) is 5.39. The Morgan fingerprint density at radius 2 is 1.79 bits per heavy atom. The van der Waals surface area contributed by atoms with Crippen molar-refractivity contribution < 1.29 is 27.5 Å². The Kier molecular flexibility index (Phi) is 6.26. The Bertz CT molecular complexity index is 890. The first-order valence-corrected chi connectivity index (χ1v) is 11.6. The Morgan fingerprint density at radius 1 is 1.17 bits per heavy atom.